The van der Waals surface area contributed by atoms with Crippen LogP contribution in [0.5, 0.6) is 0 Å². The Balaban J connectivity index is 2.50. The molecule has 4 heteroatoms. The van der Waals surface area contributed by atoms with E-state index in [0.717, 1.165) is 18.4 Å². The number of methoxy groups -OCH3 is 1. The van der Waals surface area contributed by atoms with Crippen LogP contribution in [0.1, 0.15) is 31.4 Å². The van der Waals surface area contributed by atoms with Crippen molar-refractivity contribution < 1.29 is 9.13 Å². The molecule has 0 bridgehead atoms. The van der Waals surface area contributed by atoms with Crippen molar-refractivity contribution >= 4 is 0 Å². The average molecular weight is 212 g/mol. The van der Waals surface area contributed by atoms with Gasteiger partial charge in [0.15, 0.2) is 0 Å². The first-order chi connectivity index (χ1) is 7.13. The lowest BCUT2D eigenvalue weighted by Gasteiger charge is -2.14. The van der Waals surface area contributed by atoms with Crippen LogP contribution < -0.4 is 5.73 Å². The van der Waals surface area contributed by atoms with Gasteiger partial charge in [-0.15, -0.1) is 0 Å². The maximum Gasteiger partial charge on any atom is 0.141 e. The number of hydrogen-bond donors (Lipinski definition) is 1. The van der Waals surface area contributed by atoms with Gasteiger partial charge in [-0.3, -0.25) is 4.98 Å². The van der Waals surface area contributed by atoms with Crippen LogP contribution in [0.4, 0.5) is 4.39 Å². The Morgan fingerprint density at radius 2 is 2.20 bits per heavy atom. The highest BCUT2D eigenvalue weighted by Crippen LogP contribution is 2.17. The normalized spacial score (nSPS) is 14.9. The van der Waals surface area contributed by atoms with E-state index in [2.05, 4.69) is 4.98 Å². The first kappa shape index (κ1) is 12.1. The molecule has 0 aliphatic carbocycles. The minimum Gasteiger partial charge on any atom is -0.382 e. The highest BCUT2D eigenvalue weighted by molar-refractivity contribution is 5.14. The van der Waals surface area contributed by atoms with Crippen molar-refractivity contribution in [1.29, 1.82) is 0 Å². The molecule has 0 amide bonds. The van der Waals surface area contributed by atoms with E-state index in [-0.39, 0.29) is 18.0 Å². The second kappa shape index (κ2) is 5.78. The van der Waals surface area contributed by atoms with Crippen LogP contribution >= 0.6 is 0 Å². The van der Waals surface area contributed by atoms with Crippen LogP contribution in [0, 0.1) is 5.82 Å². The first-order valence-electron chi connectivity index (χ1n) is 5.02. The first-order valence-corrected chi connectivity index (χ1v) is 5.02. The fraction of sp³-hybridized carbons (Fsp3) is 0.545. The number of nitrogens with zero attached hydrogens (tertiary/aromatic N) is 1. The summed E-state index contributed by atoms with van der Waals surface area (Å²) in [4.78, 5) is 3.77. The molecule has 1 aromatic heterocycles. The van der Waals surface area contributed by atoms with Gasteiger partial charge in [-0.05, 0) is 31.4 Å². The van der Waals surface area contributed by atoms with E-state index < -0.39 is 0 Å². The zero-order chi connectivity index (χ0) is 11.3. The summed E-state index contributed by atoms with van der Waals surface area (Å²) in [6.07, 6.45) is 4.57. The maximum absolute atomic E-state index is 12.8. The minimum absolute atomic E-state index is 0.175. The SMILES string of the molecule is COC(C)CCC(N)c1cncc(F)c1. The predicted octanol–water partition coefficient (Wildman–Crippen LogP) is 2.04. The van der Waals surface area contributed by atoms with Crippen molar-refractivity contribution in [1.82, 2.24) is 4.98 Å². The Labute approximate surface area is 89.5 Å². The standard InChI is InChI=1S/C11H17FN2O/c1-8(15-2)3-4-11(13)9-5-10(12)7-14-6-9/h5-8,11H,3-4,13H2,1-2H3. The molecular formula is C11H17FN2O. The minimum atomic E-state index is -0.345. The average Bonchev–Trinajstić information content (AvgIpc) is 2.25. The second-order valence-electron chi connectivity index (χ2n) is 3.67. The molecule has 1 rings (SSSR count). The molecule has 0 aliphatic rings. The van der Waals surface area contributed by atoms with Crippen LogP contribution in [0.2, 0.25) is 0 Å². The van der Waals surface area contributed by atoms with Crippen LogP contribution in [0.25, 0.3) is 0 Å². The van der Waals surface area contributed by atoms with Crippen molar-refractivity contribution in [3.63, 3.8) is 0 Å². The summed E-state index contributed by atoms with van der Waals surface area (Å²) in [5, 5.41) is 0. The molecule has 0 radical (unpaired) electrons. The van der Waals surface area contributed by atoms with E-state index in [1.54, 1.807) is 13.3 Å². The maximum atomic E-state index is 12.8. The molecule has 0 spiro atoms. The molecule has 0 aliphatic heterocycles. The van der Waals surface area contributed by atoms with E-state index >= 15 is 0 Å². The summed E-state index contributed by atoms with van der Waals surface area (Å²) < 4.78 is 18.0. The quantitative estimate of drug-likeness (QED) is 0.812. The molecule has 2 atom stereocenters. The second-order valence-corrected chi connectivity index (χ2v) is 3.67. The van der Waals surface area contributed by atoms with E-state index in [4.69, 9.17) is 10.5 Å². The molecule has 2 N–H and O–H groups in total. The van der Waals surface area contributed by atoms with Crippen LogP contribution in [-0.2, 0) is 4.74 Å². The van der Waals surface area contributed by atoms with Crippen LogP contribution in [0.3, 0.4) is 0 Å². The molecule has 2 unspecified atom stereocenters. The number of hydrogen-bond acceptors (Lipinski definition) is 3. The lowest BCUT2D eigenvalue weighted by atomic mass is 10.0. The van der Waals surface area contributed by atoms with Gasteiger partial charge in [0.2, 0.25) is 0 Å². The van der Waals surface area contributed by atoms with E-state index in [9.17, 15) is 4.39 Å². The smallest absolute Gasteiger partial charge is 0.141 e. The van der Waals surface area contributed by atoms with Gasteiger partial charge in [0, 0.05) is 19.3 Å². The fourth-order valence-electron chi connectivity index (χ4n) is 1.33. The van der Waals surface area contributed by atoms with Gasteiger partial charge in [0.05, 0.1) is 12.3 Å². The van der Waals surface area contributed by atoms with Crippen molar-refractivity contribution in [2.75, 3.05) is 7.11 Å². The van der Waals surface area contributed by atoms with Crippen LogP contribution in [-0.4, -0.2) is 18.2 Å². The zero-order valence-corrected chi connectivity index (χ0v) is 9.11. The molecule has 0 saturated carbocycles. The third-order valence-electron chi connectivity index (χ3n) is 2.44. The number of pyridine rings is 1. The number of nitrogens with two attached hydrogens (primary N) is 1. The van der Waals surface area contributed by atoms with E-state index in [1.165, 1.54) is 12.3 Å². The van der Waals surface area contributed by atoms with Crippen molar-refractivity contribution in [3.8, 4) is 0 Å². The van der Waals surface area contributed by atoms with Gasteiger partial charge in [-0.1, -0.05) is 0 Å². The Morgan fingerprint density at radius 3 is 2.80 bits per heavy atom. The number of rotatable bonds is 5. The molecule has 1 heterocycles. The summed E-state index contributed by atoms with van der Waals surface area (Å²) in [7, 11) is 1.67. The van der Waals surface area contributed by atoms with Gasteiger partial charge >= 0.3 is 0 Å². The topological polar surface area (TPSA) is 48.1 Å². The third-order valence-corrected chi connectivity index (χ3v) is 2.44. The highest BCUT2D eigenvalue weighted by atomic mass is 19.1. The largest absolute Gasteiger partial charge is 0.382 e. The number of aromatic nitrogens is 1. The molecule has 0 fully saturated rings. The molecule has 84 valence electrons. The molecular weight excluding hydrogens is 195 g/mol. The molecule has 0 aromatic carbocycles. The summed E-state index contributed by atoms with van der Waals surface area (Å²) in [5.74, 6) is -0.345. The summed E-state index contributed by atoms with van der Waals surface area (Å²) in [5.41, 5.74) is 6.64. The van der Waals surface area contributed by atoms with E-state index in [1.807, 2.05) is 6.92 Å². The van der Waals surface area contributed by atoms with Crippen molar-refractivity contribution in [3.05, 3.63) is 29.8 Å². The molecule has 3 nitrogen and oxygen atoms in total. The highest BCUT2D eigenvalue weighted by Gasteiger charge is 2.09. The third kappa shape index (κ3) is 3.93. The van der Waals surface area contributed by atoms with Gasteiger partial charge < -0.3 is 10.5 Å². The molecule has 0 saturated heterocycles. The fourth-order valence-corrected chi connectivity index (χ4v) is 1.33. The summed E-state index contributed by atoms with van der Waals surface area (Å²) in [6, 6.07) is 1.25. The number of halogens is 1. The molecule has 1 aromatic rings. The lowest BCUT2D eigenvalue weighted by Crippen LogP contribution is -2.14. The summed E-state index contributed by atoms with van der Waals surface area (Å²) in [6.45, 7) is 1.98. The Morgan fingerprint density at radius 1 is 1.47 bits per heavy atom. The monoisotopic (exact) mass is 212 g/mol. The van der Waals surface area contributed by atoms with Gasteiger partial charge in [0.1, 0.15) is 5.82 Å². The molecule has 15 heavy (non-hydrogen) atoms. The van der Waals surface area contributed by atoms with Crippen molar-refractivity contribution in [2.45, 2.75) is 31.9 Å². The Kier molecular flexibility index (Phi) is 4.65. The van der Waals surface area contributed by atoms with Crippen molar-refractivity contribution in [2.24, 2.45) is 5.73 Å². The Hall–Kier alpha value is -1.00. The summed E-state index contributed by atoms with van der Waals surface area (Å²) >= 11 is 0. The Bertz CT molecular complexity index is 306. The van der Waals surface area contributed by atoms with E-state index in [0.29, 0.717) is 0 Å². The van der Waals surface area contributed by atoms with Crippen LogP contribution in [0.15, 0.2) is 18.5 Å². The van der Waals surface area contributed by atoms with Gasteiger partial charge in [-0.25, -0.2) is 4.39 Å². The van der Waals surface area contributed by atoms with Gasteiger partial charge in [-0.2, -0.15) is 0 Å². The zero-order valence-electron chi connectivity index (χ0n) is 9.11. The predicted molar refractivity (Wildman–Crippen MR) is 56.8 cm³/mol. The van der Waals surface area contributed by atoms with Gasteiger partial charge in [0.25, 0.3) is 0 Å². The lowest BCUT2D eigenvalue weighted by molar-refractivity contribution is 0.107. The number of ether oxygens (including phenoxy) is 1.